The summed E-state index contributed by atoms with van der Waals surface area (Å²) in [4.78, 5) is 188. The van der Waals surface area contributed by atoms with Gasteiger partial charge in [-0.3, -0.25) is 57.7 Å². The first kappa shape index (κ1) is 79.9. The number of piperidine rings is 1. The second kappa shape index (κ2) is 36.8. The van der Waals surface area contributed by atoms with Gasteiger partial charge >= 0.3 is 24.0 Å². The molecule has 3 fully saturated rings. The standard InChI is InChI=1S/C28H31N5O6.C27H29N5O6.C25H22FN5O3/c1-3-39-23(34)12-13-29-28(38)31-22-11-7-10-20-21(16-30-24(20)22)25(35)27(37)33-15-14-32(17-18(33)2)26(36)19-8-5-4-6-9-19;1-3-38-22(33)15-29-27(37)30-21-11-7-10-19-20(14-28-23(19)21)24(34)26(36)32-13-12-31(16-17(32)2)25(35)18-8-5-4-6-9-18;1-14-11-16(22(27-3)17-5-4-9-28-12-17)8-10-31(14)25(34)24(33)18-13-29-23-20(30-15(2)32)7-6-19(26)21(18)23/h4-11,16,18,30H,3,12-15,17H2,1-2H3,(H2,29,31,38);4-11,14,17,28H,3,12-13,15-16H2,1-2H3,(H2,29,30,37);4-7,9,12-14,29H,8,10-11H2,1-2H3,(H,30,32)/b;;22-16+/t18-;17-;/m11./s1. The van der Waals surface area contributed by atoms with Crippen molar-refractivity contribution in [3.8, 4) is 0 Å². The van der Waals surface area contributed by atoms with Gasteiger partial charge in [-0.2, -0.15) is 0 Å². The minimum absolute atomic E-state index is 0.0401. The summed E-state index contributed by atoms with van der Waals surface area (Å²) in [7, 11) is 0. The Morgan fingerprint density at radius 1 is 0.532 bits per heavy atom. The van der Waals surface area contributed by atoms with Crippen molar-refractivity contribution in [2.45, 2.75) is 78.9 Å². The van der Waals surface area contributed by atoms with Crippen LogP contribution >= 0.6 is 0 Å². The van der Waals surface area contributed by atoms with Crippen LogP contribution < -0.4 is 26.6 Å². The molecule has 9 aromatic rings. The summed E-state index contributed by atoms with van der Waals surface area (Å²) in [6.45, 7) is 20.0. The van der Waals surface area contributed by atoms with Gasteiger partial charge in [0.1, 0.15) is 12.4 Å². The van der Waals surface area contributed by atoms with Crippen molar-refractivity contribution in [1.29, 1.82) is 0 Å². The van der Waals surface area contributed by atoms with Crippen LogP contribution in [0.2, 0.25) is 0 Å². The predicted octanol–water partition coefficient (Wildman–Crippen LogP) is 9.39. The fourth-order valence-corrected chi connectivity index (χ4v) is 13.3. The highest BCUT2D eigenvalue weighted by Gasteiger charge is 2.38. The molecular weight excluding hydrogens is 1430 g/mol. The molecule has 0 saturated carbocycles. The maximum absolute atomic E-state index is 14.6. The Kier molecular flexibility index (Phi) is 26.5. The number of benzene rings is 5. The van der Waals surface area contributed by atoms with Crippen LogP contribution in [0.3, 0.4) is 0 Å². The molecule has 3 atom stereocenters. The number of carbonyl (C=O) groups is 13. The highest BCUT2D eigenvalue weighted by atomic mass is 19.1. The molecule has 31 heteroatoms. The van der Waals surface area contributed by atoms with E-state index < -0.39 is 64.9 Å². The van der Waals surface area contributed by atoms with Gasteiger partial charge in [0, 0.05) is 136 Å². The Hall–Kier alpha value is -13.7. The molecule has 12 rings (SSSR count). The molecule has 30 nitrogen and oxygen atoms in total. The number of ketones is 3. The number of hydrogen-bond donors (Lipinski definition) is 8. The van der Waals surface area contributed by atoms with Crippen LogP contribution in [0.5, 0.6) is 0 Å². The number of ether oxygens (including phenoxy) is 2. The summed E-state index contributed by atoms with van der Waals surface area (Å²) in [6.07, 6.45) is 8.39. The van der Waals surface area contributed by atoms with Gasteiger partial charge in [-0.15, -0.1) is 0 Å². The number of aromatic nitrogens is 4. The number of anilines is 3. The fraction of sp³-hybridized carbons (Fsp3) is 0.287. The molecule has 3 saturated heterocycles. The number of likely N-dealkylation sites (tertiary alicyclic amines) is 1. The van der Waals surface area contributed by atoms with Crippen molar-refractivity contribution < 1.29 is 76.2 Å². The summed E-state index contributed by atoms with van der Waals surface area (Å²) in [5.74, 6) is -6.44. The quantitative estimate of drug-likeness (QED) is 0.0162. The molecule has 4 aromatic heterocycles. The number of hydrogen-bond acceptors (Lipinski definition) is 16. The molecule has 1 unspecified atom stereocenters. The Morgan fingerprint density at radius 2 is 1.01 bits per heavy atom. The van der Waals surface area contributed by atoms with Gasteiger partial charge in [-0.05, 0) is 108 Å². The lowest BCUT2D eigenvalue weighted by molar-refractivity contribution is -0.143. The number of rotatable bonds is 19. The van der Waals surface area contributed by atoms with E-state index in [-0.39, 0.29) is 116 Å². The number of H-pyrrole nitrogens is 3. The maximum atomic E-state index is 14.6. The van der Waals surface area contributed by atoms with Gasteiger partial charge in [0.15, 0.2) is 5.70 Å². The number of esters is 2. The number of amides is 10. The topological polar surface area (TPSA) is 381 Å². The van der Waals surface area contributed by atoms with Gasteiger partial charge in [0.2, 0.25) is 5.91 Å². The number of urea groups is 2. The van der Waals surface area contributed by atoms with Crippen LogP contribution in [-0.2, 0) is 38.2 Å². The van der Waals surface area contributed by atoms with Crippen LogP contribution in [0.1, 0.15) is 118 Å². The molecule has 8 N–H and O–H groups in total. The van der Waals surface area contributed by atoms with Crippen molar-refractivity contribution >= 4 is 132 Å². The smallest absolute Gasteiger partial charge is 0.325 e. The normalized spacial score (nSPS) is 15.8. The first-order valence-corrected chi connectivity index (χ1v) is 35.8. The van der Waals surface area contributed by atoms with Crippen molar-refractivity contribution in [3.63, 3.8) is 0 Å². The van der Waals surface area contributed by atoms with Crippen LogP contribution in [0, 0.1) is 12.4 Å². The van der Waals surface area contributed by atoms with Gasteiger partial charge in [-0.25, -0.2) is 18.8 Å². The Bertz CT molecular complexity index is 5130. The number of carbonyl (C=O) groups excluding carboxylic acids is 13. The SMILES string of the molecule is CCOC(=O)CCNC(=O)Nc1cccc2c(C(=O)C(=O)N3CCN(C(=O)c4ccccc4)C[C@H]3C)c[nH]c12.CCOC(=O)CNC(=O)Nc1cccc2c(C(=O)C(=O)N3CCN(C(=O)c4ccccc4)C[C@H]3C)c[nH]c12.[C-]#[N+]/C(=C1\CCN(C(=O)C(=O)c2c[nH]c3c(NC(C)=O)ccc(F)c23)C(C)C1)c1cccnc1. The fourth-order valence-electron chi connectivity index (χ4n) is 13.3. The second-order valence-electron chi connectivity index (χ2n) is 26.2. The van der Waals surface area contributed by atoms with E-state index in [1.165, 1.54) is 46.3 Å². The van der Waals surface area contributed by atoms with E-state index in [9.17, 15) is 66.7 Å². The molecule has 0 bridgehead atoms. The number of nitrogens with one attached hydrogen (secondary N) is 8. The molecular formula is C80H82FN15O15. The van der Waals surface area contributed by atoms with E-state index in [1.54, 1.807) is 127 Å². The molecule has 7 heterocycles. The second-order valence-corrected chi connectivity index (χ2v) is 26.2. The third-order valence-corrected chi connectivity index (χ3v) is 18.7. The Morgan fingerprint density at radius 3 is 1.50 bits per heavy atom. The van der Waals surface area contributed by atoms with Crippen LogP contribution in [0.25, 0.3) is 43.3 Å². The van der Waals surface area contributed by atoms with Crippen molar-refractivity contribution in [1.82, 2.24) is 55.1 Å². The van der Waals surface area contributed by atoms with Crippen LogP contribution in [0.15, 0.2) is 158 Å². The average Bonchev–Trinajstić information content (AvgIpc) is 1.66. The van der Waals surface area contributed by atoms with Crippen molar-refractivity contribution in [2.75, 3.05) is 88.1 Å². The molecule has 3 aliphatic rings. The van der Waals surface area contributed by atoms with E-state index in [4.69, 9.17) is 16.0 Å². The summed E-state index contributed by atoms with van der Waals surface area (Å²) >= 11 is 0. The molecule has 5 aromatic carbocycles. The van der Waals surface area contributed by atoms with Gasteiger partial charge in [-0.1, -0.05) is 72.3 Å². The number of pyridine rings is 1. The number of halogens is 1. The van der Waals surface area contributed by atoms with Crippen LogP contribution in [0.4, 0.5) is 31.0 Å². The van der Waals surface area contributed by atoms with E-state index in [2.05, 4.69) is 51.4 Å². The predicted molar refractivity (Wildman–Crippen MR) is 409 cm³/mol. The van der Waals surface area contributed by atoms with E-state index in [0.717, 1.165) is 17.2 Å². The number of nitrogens with zero attached hydrogens (tertiary/aromatic N) is 7. The van der Waals surface area contributed by atoms with Gasteiger partial charge in [0.05, 0.1) is 76.5 Å². The van der Waals surface area contributed by atoms with Crippen molar-refractivity contribution in [3.05, 3.63) is 208 Å². The highest BCUT2D eigenvalue weighted by molar-refractivity contribution is 6.46. The maximum Gasteiger partial charge on any atom is 0.325 e. The van der Waals surface area contributed by atoms with Crippen molar-refractivity contribution in [2.24, 2.45) is 0 Å². The molecule has 0 radical (unpaired) electrons. The molecule has 111 heavy (non-hydrogen) atoms. The first-order chi connectivity index (χ1) is 53.4. The Balaban J connectivity index is 0.000000177. The number of Topliss-reactive ketones (excluding diaryl/α,β-unsaturated/α-hetero) is 3. The molecule has 574 valence electrons. The molecule has 10 amide bonds. The summed E-state index contributed by atoms with van der Waals surface area (Å²) in [5.41, 5.74) is 5.87. The minimum Gasteiger partial charge on any atom is -0.466 e. The zero-order chi connectivity index (χ0) is 79.6. The van der Waals surface area contributed by atoms with E-state index in [1.807, 2.05) is 39.0 Å². The van der Waals surface area contributed by atoms with Gasteiger partial charge in [0.25, 0.3) is 46.9 Å². The molecule has 0 aliphatic carbocycles. The largest absolute Gasteiger partial charge is 0.466 e. The third kappa shape index (κ3) is 19.0. The van der Waals surface area contributed by atoms with Gasteiger partial charge < -0.3 is 75.5 Å². The Labute approximate surface area is 636 Å². The lowest BCUT2D eigenvalue weighted by atomic mass is 9.93. The monoisotopic (exact) mass is 1510 g/mol. The third-order valence-electron chi connectivity index (χ3n) is 18.7. The number of aromatic amines is 3. The summed E-state index contributed by atoms with van der Waals surface area (Å²) < 4.78 is 24.2. The molecule has 0 spiro atoms. The van der Waals surface area contributed by atoms with E-state index in [0.29, 0.717) is 94.7 Å². The van der Waals surface area contributed by atoms with E-state index >= 15 is 0 Å². The number of para-hydroxylation sites is 2. The number of piperazine rings is 2. The lowest BCUT2D eigenvalue weighted by Gasteiger charge is -2.39. The zero-order valence-electron chi connectivity index (χ0n) is 61.7. The lowest BCUT2D eigenvalue weighted by Crippen LogP contribution is -2.56. The summed E-state index contributed by atoms with van der Waals surface area (Å²) in [5, 5.41) is 13.8. The molecule has 3 aliphatic heterocycles. The highest BCUT2D eigenvalue weighted by Crippen LogP contribution is 2.34. The van der Waals surface area contributed by atoms with Crippen LogP contribution in [-0.4, -0.2) is 211 Å². The minimum atomic E-state index is -0.831. The summed E-state index contributed by atoms with van der Waals surface area (Å²) in [6, 6.07) is 31.8. The average molecular weight is 1510 g/mol. The number of fused-ring (bicyclic) bond motifs is 3. The first-order valence-electron chi connectivity index (χ1n) is 35.8. The zero-order valence-corrected chi connectivity index (χ0v) is 61.7.